The molecule has 0 amide bonds. The van der Waals surface area contributed by atoms with Crippen molar-refractivity contribution in [2.45, 2.75) is 4.90 Å². The van der Waals surface area contributed by atoms with E-state index in [1.807, 2.05) is 0 Å². The molecule has 1 heterocycles. The summed E-state index contributed by atoms with van der Waals surface area (Å²) in [5.41, 5.74) is 0. The lowest BCUT2D eigenvalue weighted by Gasteiger charge is -2.08. The molecule has 2 aromatic rings. The van der Waals surface area contributed by atoms with Crippen molar-refractivity contribution in [1.82, 2.24) is 20.6 Å². The molecule has 2 rings (SSSR count). The molecule has 0 aliphatic carbocycles. The second-order valence-electron chi connectivity index (χ2n) is 3.04. The quantitative estimate of drug-likeness (QED) is 0.839. The summed E-state index contributed by atoms with van der Waals surface area (Å²) in [7, 11) is -3.99. The molecule has 7 nitrogen and oxygen atoms in total. The number of H-pyrrole nitrogens is 1. The van der Waals surface area contributed by atoms with E-state index in [9.17, 15) is 8.42 Å². The zero-order valence-electron chi connectivity index (χ0n) is 8.35. The Balaban J connectivity index is 2.48. The van der Waals surface area contributed by atoms with Crippen LogP contribution in [0.4, 0.5) is 5.95 Å². The molecule has 0 unspecified atom stereocenters. The summed E-state index contributed by atoms with van der Waals surface area (Å²) in [6.45, 7) is 0. The van der Waals surface area contributed by atoms with E-state index in [1.54, 1.807) is 0 Å². The van der Waals surface area contributed by atoms with Gasteiger partial charge in [-0.2, -0.15) is 5.21 Å². The van der Waals surface area contributed by atoms with Gasteiger partial charge in [-0.3, -0.25) is 0 Å². The Bertz CT molecular complexity index is 673. The van der Waals surface area contributed by atoms with Gasteiger partial charge in [-0.1, -0.05) is 39.9 Å². The summed E-state index contributed by atoms with van der Waals surface area (Å²) in [5, 5.41) is 12.2. The van der Waals surface area contributed by atoms with Crippen LogP contribution in [0.25, 0.3) is 0 Å². The largest absolute Gasteiger partial charge is 0.276 e. The van der Waals surface area contributed by atoms with Crippen molar-refractivity contribution in [2.75, 3.05) is 4.72 Å². The first-order chi connectivity index (χ1) is 8.40. The number of benzene rings is 1. The molecule has 0 bridgehead atoms. The Hall–Kier alpha value is -1.09. The lowest BCUT2D eigenvalue weighted by Crippen LogP contribution is -2.14. The van der Waals surface area contributed by atoms with E-state index >= 15 is 0 Å². The van der Waals surface area contributed by atoms with Gasteiger partial charge in [0.2, 0.25) is 0 Å². The van der Waals surface area contributed by atoms with Gasteiger partial charge >= 0.3 is 0 Å². The normalized spacial score (nSPS) is 11.5. The van der Waals surface area contributed by atoms with E-state index in [0.29, 0.717) is 0 Å². The number of halogens is 3. The standard InChI is InChI=1S/C7H4Cl3N5O2S/c8-3-1-4(9)6(10)5(2-3)18(16,17)13-7-11-14-15-12-7/h1-2H,(H2,11,12,13,14,15). The van der Waals surface area contributed by atoms with Crippen molar-refractivity contribution in [3.8, 4) is 0 Å². The van der Waals surface area contributed by atoms with E-state index < -0.39 is 10.0 Å². The van der Waals surface area contributed by atoms with Crippen LogP contribution in [0.2, 0.25) is 15.1 Å². The molecule has 0 atom stereocenters. The molecule has 11 heteroatoms. The number of hydrogen-bond acceptors (Lipinski definition) is 5. The van der Waals surface area contributed by atoms with Crippen molar-refractivity contribution in [3.63, 3.8) is 0 Å². The van der Waals surface area contributed by atoms with Gasteiger partial charge in [0.05, 0.1) is 10.0 Å². The molecule has 0 fully saturated rings. The van der Waals surface area contributed by atoms with Crippen LogP contribution in [0.1, 0.15) is 0 Å². The molecule has 18 heavy (non-hydrogen) atoms. The van der Waals surface area contributed by atoms with Gasteiger partial charge < -0.3 is 0 Å². The van der Waals surface area contributed by atoms with Crippen LogP contribution in [-0.4, -0.2) is 29.0 Å². The Morgan fingerprint density at radius 1 is 1.22 bits per heavy atom. The summed E-state index contributed by atoms with van der Waals surface area (Å²) in [5.74, 6) is -0.220. The third-order valence-corrected chi connectivity index (χ3v) is 4.30. The number of aromatic nitrogens is 4. The second kappa shape index (κ2) is 4.88. The van der Waals surface area contributed by atoms with Crippen molar-refractivity contribution in [2.24, 2.45) is 0 Å². The number of rotatable bonds is 3. The maximum Gasteiger partial charge on any atom is 0.276 e. The summed E-state index contributed by atoms with van der Waals surface area (Å²) in [6, 6.07) is 2.50. The Labute approximate surface area is 116 Å². The predicted molar refractivity (Wildman–Crippen MR) is 66.5 cm³/mol. The smallest absolute Gasteiger partial charge is 0.245 e. The van der Waals surface area contributed by atoms with Gasteiger partial charge in [0.25, 0.3) is 16.0 Å². The predicted octanol–water partition coefficient (Wildman–Crippen LogP) is 1.96. The molecule has 1 aromatic carbocycles. The minimum atomic E-state index is -3.99. The first kappa shape index (κ1) is 13.3. The molecule has 0 saturated carbocycles. The summed E-state index contributed by atoms with van der Waals surface area (Å²) in [6.07, 6.45) is 0. The Kier molecular flexibility index (Phi) is 3.62. The van der Waals surface area contributed by atoms with E-state index in [0.717, 1.165) is 6.07 Å². The molecule has 0 radical (unpaired) electrons. The fourth-order valence-corrected chi connectivity index (χ4v) is 3.20. The molecule has 0 aliphatic rings. The lowest BCUT2D eigenvalue weighted by molar-refractivity contribution is 0.601. The number of aromatic amines is 1. The highest BCUT2D eigenvalue weighted by Crippen LogP contribution is 2.33. The molecular formula is C7H4Cl3N5O2S. The zero-order valence-corrected chi connectivity index (χ0v) is 11.4. The van der Waals surface area contributed by atoms with Gasteiger partial charge in [-0.15, -0.1) is 5.10 Å². The molecule has 0 aliphatic heterocycles. The van der Waals surface area contributed by atoms with E-state index in [1.165, 1.54) is 6.07 Å². The topological polar surface area (TPSA) is 101 Å². The van der Waals surface area contributed by atoms with Crippen molar-refractivity contribution < 1.29 is 8.42 Å². The van der Waals surface area contributed by atoms with Crippen LogP contribution < -0.4 is 4.72 Å². The highest BCUT2D eigenvalue weighted by atomic mass is 35.5. The second-order valence-corrected chi connectivity index (χ2v) is 5.91. The van der Waals surface area contributed by atoms with Gasteiger partial charge in [-0.25, -0.2) is 13.1 Å². The van der Waals surface area contributed by atoms with Gasteiger partial charge in [-0.05, 0) is 17.3 Å². The highest BCUT2D eigenvalue weighted by molar-refractivity contribution is 7.92. The summed E-state index contributed by atoms with van der Waals surface area (Å²) >= 11 is 17.3. The van der Waals surface area contributed by atoms with Crippen molar-refractivity contribution in [1.29, 1.82) is 0 Å². The van der Waals surface area contributed by atoms with Crippen LogP contribution in [0.3, 0.4) is 0 Å². The monoisotopic (exact) mass is 327 g/mol. The molecule has 96 valence electrons. The van der Waals surface area contributed by atoms with Crippen LogP contribution >= 0.6 is 34.8 Å². The number of sulfonamides is 1. The number of nitrogens with one attached hydrogen (secondary N) is 2. The third-order valence-electron chi connectivity index (χ3n) is 1.82. The maximum atomic E-state index is 12.0. The Morgan fingerprint density at radius 3 is 2.56 bits per heavy atom. The van der Waals surface area contributed by atoms with Crippen LogP contribution in [0.5, 0.6) is 0 Å². The SMILES string of the molecule is O=S(=O)(Nc1nn[nH]n1)c1cc(Cl)cc(Cl)c1Cl. The van der Waals surface area contributed by atoms with Crippen molar-refractivity contribution >= 4 is 50.8 Å². The minimum Gasteiger partial charge on any atom is -0.245 e. The fourth-order valence-electron chi connectivity index (χ4n) is 1.11. The molecule has 0 saturated heterocycles. The number of tetrazole rings is 1. The fraction of sp³-hybridized carbons (Fsp3) is 0. The Morgan fingerprint density at radius 2 is 1.94 bits per heavy atom. The number of hydrogen-bond donors (Lipinski definition) is 2. The van der Waals surface area contributed by atoms with Gasteiger partial charge in [0.1, 0.15) is 4.90 Å². The van der Waals surface area contributed by atoms with E-state index in [-0.39, 0.29) is 25.9 Å². The van der Waals surface area contributed by atoms with Crippen molar-refractivity contribution in [3.05, 3.63) is 27.2 Å². The minimum absolute atomic E-state index is 0.0256. The van der Waals surface area contributed by atoms with Crippen LogP contribution in [-0.2, 0) is 10.0 Å². The maximum absolute atomic E-state index is 12.0. The first-order valence-electron chi connectivity index (χ1n) is 4.31. The molecule has 2 N–H and O–H groups in total. The van der Waals surface area contributed by atoms with Gasteiger partial charge in [0, 0.05) is 5.02 Å². The average molecular weight is 329 g/mol. The third kappa shape index (κ3) is 2.66. The molecule has 0 spiro atoms. The average Bonchev–Trinajstić information content (AvgIpc) is 2.75. The summed E-state index contributed by atoms with van der Waals surface area (Å²) in [4.78, 5) is -0.272. The first-order valence-corrected chi connectivity index (χ1v) is 6.92. The number of nitrogens with zero attached hydrogens (tertiary/aromatic N) is 3. The highest BCUT2D eigenvalue weighted by Gasteiger charge is 2.22. The summed E-state index contributed by atoms with van der Waals surface area (Å²) < 4.78 is 26.0. The van der Waals surface area contributed by atoms with E-state index in [2.05, 4.69) is 25.3 Å². The lowest BCUT2D eigenvalue weighted by atomic mass is 10.4. The van der Waals surface area contributed by atoms with Crippen LogP contribution in [0.15, 0.2) is 17.0 Å². The van der Waals surface area contributed by atoms with Crippen LogP contribution in [0, 0.1) is 0 Å². The van der Waals surface area contributed by atoms with Gasteiger partial charge in [0.15, 0.2) is 0 Å². The zero-order chi connectivity index (χ0) is 13.3. The molecular weight excluding hydrogens is 325 g/mol. The molecule has 1 aromatic heterocycles. The number of anilines is 1. The van der Waals surface area contributed by atoms with E-state index in [4.69, 9.17) is 34.8 Å².